The molecule has 1 aromatic rings. The lowest BCUT2D eigenvalue weighted by molar-refractivity contribution is -0.142. The number of rotatable bonds is 6. The van der Waals surface area contributed by atoms with E-state index in [1.54, 1.807) is 13.8 Å². The van der Waals surface area contributed by atoms with Crippen LogP contribution in [-0.4, -0.2) is 29.6 Å². The first-order chi connectivity index (χ1) is 8.50. The zero-order valence-electron chi connectivity index (χ0n) is 10.5. The van der Waals surface area contributed by atoms with Crippen LogP contribution in [0.25, 0.3) is 0 Å². The number of para-hydroxylation sites is 1. The fourth-order valence-electron chi connectivity index (χ4n) is 1.48. The number of benzene rings is 1. The molecule has 0 aromatic heterocycles. The Balaban J connectivity index is 2.44. The third-order valence-electron chi connectivity index (χ3n) is 2.48. The summed E-state index contributed by atoms with van der Waals surface area (Å²) in [4.78, 5) is 22.5. The quantitative estimate of drug-likeness (QED) is 0.711. The van der Waals surface area contributed by atoms with Gasteiger partial charge in [0, 0.05) is 5.69 Å². The molecule has 1 amide bonds. The first-order valence-corrected chi connectivity index (χ1v) is 5.82. The Morgan fingerprint density at radius 3 is 2.33 bits per heavy atom. The molecule has 0 spiro atoms. The summed E-state index contributed by atoms with van der Waals surface area (Å²) < 4.78 is 0. The van der Waals surface area contributed by atoms with E-state index in [-0.39, 0.29) is 18.4 Å². The Kier molecular flexibility index (Phi) is 5.17. The number of aliphatic carboxylic acids is 1. The molecule has 0 aliphatic heterocycles. The standard InChI is InChI=1S/C13H18N2O3/c1-9(2)12(13(17)18)15-11(16)8-14-10-6-4-3-5-7-10/h3-7,9,12,14H,8H2,1-2H3,(H,15,16)(H,17,18)/t12-/m0/s1. The fraction of sp³-hybridized carbons (Fsp3) is 0.385. The van der Waals surface area contributed by atoms with Gasteiger partial charge in [0.05, 0.1) is 6.54 Å². The number of carboxylic acids is 1. The van der Waals surface area contributed by atoms with Gasteiger partial charge in [-0.25, -0.2) is 4.79 Å². The first kappa shape index (κ1) is 14.0. The summed E-state index contributed by atoms with van der Waals surface area (Å²) in [6.45, 7) is 3.56. The average molecular weight is 250 g/mol. The summed E-state index contributed by atoms with van der Waals surface area (Å²) in [5.41, 5.74) is 0.823. The highest BCUT2D eigenvalue weighted by Crippen LogP contribution is 2.04. The Hall–Kier alpha value is -2.04. The molecular formula is C13H18N2O3. The summed E-state index contributed by atoms with van der Waals surface area (Å²) in [5.74, 6) is -1.50. The normalized spacial score (nSPS) is 11.9. The number of carbonyl (C=O) groups excluding carboxylic acids is 1. The molecule has 3 N–H and O–H groups in total. The van der Waals surface area contributed by atoms with E-state index in [9.17, 15) is 9.59 Å². The maximum absolute atomic E-state index is 11.6. The minimum Gasteiger partial charge on any atom is -0.480 e. The van der Waals surface area contributed by atoms with E-state index < -0.39 is 12.0 Å². The topological polar surface area (TPSA) is 78.4 Å². The van der Waals surface area contributed by atoms with Gasteiger partial charge in [-0.1, -0.05) is 32.0 Å². The molecule has 0 aliphatic carbocycles. The summed E-state index contributed by atoms with van der Waals surface area (Å²) >= 11 is 0. The van der Waals surface area contributed by atoms with Crippen molar-refractivity contribution in [2.75, 3.05) is 11.9 Å². The highest BCUT2D eigenvalue weighted by atomic mass is 16.4. The van der Waals surface area contributed by atoms with Gasteiger partial charge in [0.25, 0.3) is 0 Å². The summed E-state index contributed by atoms with van der Waals surface area (Å²) in [5, 5.41) is 14.4. The van der Waals surface area contributed by atoms with Gasteiger partial charge in [0.15, 0.2) is 0 Å². The van der Waals surface area contributed by atoms with Crippen LogP contribution < -0.4 is 10.6 Å². The predicted octanol–water partition coefficient (Wildman–Crippen LogP) is 1.32. The first-order valence-electron chi connectivity index (χ1n) is 5.82. The Morgan fingerprint density at radius 2 is 1.83 bits per heavy atom. The SMILES string of the molecule is CC(C)[C@H](NC(=O)CNc1ccccc1)C(=O)O. The van der Waals surface area contributed by atoms with Crippen molar-refractivity contribution in [1.29, 1.82) is 0 Å². The summed E-state index contributed by atoms with van der Waals surface area (Å²) in [6.07, 6.45) is 0. The van der Waals surface area contributed by atoms with E-state index in [0.717, 1.165) is 5.69 Å². The number of amides is 1. The highest BCUT2D eigenvalue weighted by molar-refractivity contribution is 5.86. The van der Waals surface area contributed by atoms with Crippen molar-refractivity contribution in [3.05, 3.63) is 30.3 Å². The van der Waals surface area contributed by atoms with Crippen molar-refractivity contribution in [2.24, 2.45) is 5.92 Å². The Bertz CT molecular complexity index is 404. The second-order valence-electron chi connectivity index (χ2n) is 4.35. The van der Waals surface area contributed by atoms with Crippen molar-refractivity contribution in [1.82, 2.24) is 5.32 Å². The molecule has 18 heavy (non-hydrogen) atoms. The third kappa shape index (κ3) is 4.45. The molecule has 1 rings (SSSR count). The van der Waals surface area contributed by atoms with Gasteiger partial charge in [-0.2, -0.15) is 0 Å². The monoisotopic (exact) mass is 250 g/mol. The molecule has 0 aliphatic rings. The van der Waals surface area contributed by atoms with E-state index in [1.807, 2.05) is 30.3 Å². The van der Waals surface area contributed by atoms with E-state index in [1.165, 1.54) is 0 Å². The van der Waals surface area contributed by atoms with E-state index in [4.69, 9.17) is 5.11 Å². The lowest BCUT2D eigenvalue weighted by Gasteiger charge is -2.18. The van der Waals surface area contributed by atoms with Crippen LogP contribution in [0, 0.1) is 5.92 Å². The molecule has 1 aromatic carbocycles. The van der Waals surface area contributed by atoms with Crippen molar-refractivity contribution in [2.45, 2.75) is 19.9 Å². The number of anilines is 1. The van der Waals surface area contributed by atoms with Gasteiger partial charge in [0.2, 0.25) is 5.91 Å². The summed E-state index contributed by atoms with van der Waals surface area (Å²) in [7, 11) is 0. The van der Waals surface area contributed by atoms with Crippen LogP contribution in [0.4, 0.5) is 5.69 Å². The molecule has 0 saturated heterocycles. The lowest BCUT2D eigenvalue weighted by Crippen LogP contribution is -2.46. The number of nitrogens with one attached hydrogen (secondary N) is 2. The third-order valence-corrected chi connectivity index (χ3v) is 2.48. The van der Waals surface area contributed by atoms with Gasteiger partial charge < -0.3 is 15.7 Å². The predicted molar refractivity (Wildman–Crippen MR) is 69.3 cm³/mol. The molecule has 0 unspecified atom stereocenters. The van der Waals surface area contributed by atoms with Gasteiger partial charge in [0.1, 0.15) is 6.04 Å². The number of hydrogen-bond acceptors (Lipinski definition) is 3. The molecule has 5 heteroatoms. The Labute approximate surface area is 106 Å². The van der Waals surface area contributed by atoms with Gasteiger partial charge in [-0.3, -0.25) is 4.79 Å². The average Bonchev–Trinajstić information content (AvgIpc) is 2.34. The van der Waals surface area contributed by atoms with Crippen LogP contribution >= 0.6 is 0 Å². The van der Waals surface area contributed by atoms with Crippen LogP contribution in [0.3, 0.4) is 0 Å². The minimum absolute atomic E-state index is 0.0561. The van der Waals surface area contributed by atoms with Crippen molar-refractivity contribution >= 4 is 17.6 Å². The maximum Gasteiger partial charge on any atom is 0.326 e. The van der Waals surface area contributed by atoms with Gasteiger partial charge >= 0.3 is 5.97 Å². The number of carboxylic acid groups (broad SMARTS) is 1. The number of carbonyl (C=O) groups is 2. The van der Waals surface area contributed by atoms with Crippen molar-refractivity contribution < 1.29 is 14.7 Å². The van der Waals surface area contributed by atoms with E-state index in [2.05, 4.69) is 10.6 Å². The summed E-state index contributed by atoms with van der Waals surface area (Å²) in [6, 6.07) is 8.41. The zero-order chi connectivity index (χ0) is 13.5. The van der Waals surface area contributed by atoms with Crippen molar-refractivity contribution in [3.63, 3.8) is 0 Å². The molecule has 5 nitrogen and oxygen atoms in total. The van der Waals surface area contributed by atoms with Crippen LogP contribution in [-0.2, 0) is 9.59 Å². The van der Waals surface area contributed by atoms with Gasteiger partial charge in [-0.15, -0.1) is 0 Å². The molecular weight excluding hydrogens is 232 g/mol. The second kappa shape index (κ2) is 6.64. The van der Waals surface area contributed by atoms with E-state index >= 15 is 0 Å². The Morgan fingerprint density at radius 1 is 1.22 bits per heavy atom. The van der Waals surface area contributed by atoms with Crippen LogP contribution in [0.1, 0.15) is 13.8 Å². The number of hydrogen-bond donors (Lipinski definition) is 3. The highest BCUT2D eigenvalue weighted by Gasteiger charge is 2.22. The van der Waals surface area contributed by atoms with Crippen LogP contribution in [0.2, 0.25) is 0 Å². The molecule has 0 fully saturated rings. The van der Waals surface area contributed by atoms with Crippen molar-refractivity contribution in [3.8, 4) is 0 Å². The van der Waals surface area contributed by atoms with E-state index in [0.29, 0.717) is 0 Å². The molecule has 0 bridgehead atoms. The molecule has 1 atom stereocenters. The minimum atomic E-state index is -1.02. The zero-order valence-corrected chi connectivity index (χ0v) is 10.5. The molecule has 0 radical (unpaired) electrons. The molecule has 98 valence electrons. The molecule has 0 saturated carbocycles. The second-order valence-corrected chi connectivity index (χ2v) is 4.35. The maximum atomic E-state index is 11.6. The molecule has 0 heterocycles. The van der Waals surface area contributed by atoms with Gasteiger partial charge in [-0.05, 0) is 18.1 Å². The van der Waals surface area contributed by atoms with Crippen LogP contribution in [0.5, 0.6) is 0 Å². The fourth-order valence-corrected chi connectivity index (χ4v) is 1.48. The smallest absolute Gasteiger partial charge is 0.326 e. The lowest BCUT2D eigenvalue weighted by atomic mass is 10.1. The van der Waals surface area contributed by atoms with Crippen LogP contribution in [0.15, 0.2) is 30.3 Å². The largest absolute Gasteiger partial charge is 0.480 e.